The van der Waals surface area contributed by atoms with Crippen molar-refractivity contribution in [1.82, 2.24) is 0 Å². The molecular weight excluding hydrogens is 275 g/mol. The Hall–Kier alpha value is -0.660. The van der Waals surface area contributed by atoms with Crippen LogP contribution in [0.15, 0.2) is 11.6 Å². The topological polar surface area (TPSA) is 17.1 Å². The summed E-state index contributed by atoms with van der Waals surface area (Å²) in [7, 11) is 0. The average molecular weight is 304 g/mol. The minimum absolute atomic E-state index is 0.0504. The molecule has 0 aromatic carbocycles. The van der Waals surface area contributed by atoms with Crippen molar-refractivity contribution in [3.05, 3.63) is 11.6 Å². The lowest BCUT2D eigenvalue weighted by atomic mass is 9.50. The maximum atomic E-state index is 14.9. The Morgan fingerprint density at radius 2 is 1.86 bits per heavy atom. The highest BCUT2D eigenvalue weighted by atomic mass is 19.1. The number of carbonyl (C=O) groups excluding carboxylic acids is 1. The van der Waals surface area contributed by atoms with E-state index in [1.165, 1.54) is 25.7 Å². The third-order valence-electron chi connectivity index (χ3n) is 7.97. The van der Waals surface area contributed by atoms with E-state index in [-0.39, 0.29) is 5.92 Å². The monoisotopic (exact) mass is 304 g/mol. The molecule has 0 N–H and O–H groups in total. The lowest BCUT2D eigenvalue weighted by molar-refractivity contribution is -0.131. The van der Waals surface area contributed by atoms with E-state index >= 15 is 0 Å². The maximum absolute atomic E-state index is 14.9. The molecular formula is C20H29FO. The number of Topliss-reactive ketones (excluding diaryl/α,β-unsaturated/α-hetero) is 1. The highest BCUT2D eigenvalue weighted by Crippen LogP contribution is 2.64. The van der Waals surface area contributed by atoms with Gasteiger partial charge in [0.2, 0.25) is 0 Å². The molecule has 0 amide bonds. The van der Waals surface area contributed by atoms with Crippen molar-refractivity contribution in [1.29, 1.82) is 0 Å². The van der Waals surface area contributed by atoms with Crippen LogP contribution in [0.4, 0.5) is 4.39 Å². The number of halogens is 1. The van der Waals surface area contributed by atoms with Crippen molar-refractivity contribution in [3.8, 4) is 0 Å². The van der Waals surface area contributed by atoms with E-state index in [2.05, 4.69) is 19.9 Å². The molecule has 0 aliphatic heterocycles. The number of alkyl halides is 1. The maximum Gasteiger partial charge on any atom is 0.133 e. The molecule has 4 rings (SSSR count). The van der Waals surface area contributed by atoms with Gasteiger partial charge in [-0.2, -0.15) is 0 Å². The van der Waals surface area contributed by atoms with E-state index < -0.39 is 6.17 Å². The SMILES string of the molecule is C/C=C1/CCC2[C@@H]3C[C@@H](F)C4CC(=O)CC[C@@H]4C3CC[C@]12C. The van der Waals surface area contributed by atoms with E-state index in [0.717, 1.165) is 12.8 Å². The van der Waals surface area contributed by atoms with Gasteiger partial charge < -0.3 is 0 Å². The number of allylic oxidation sites excluding steroid dienone is 2. The second-order valence-corrected chi connectivity index (χ2v) is 8.60. The molecule has 0 spiro atoms. The number of ketones is 1. The zero-order valence-electron chi connectivity index (χ0n) is 14.0. The molecule has 4 aliphatic carbocycles. The largest absolute Gasteiger partial charge is 0.300 e. The third kappa shape index (κ3) is 1.98. The average Bonchev–Trinajstić information content (AvgIpc) is 2.84. The highest BCUT2D eigenvalue weighted by molar-refractivity contribution is 5.79. The summed E-state index contributed by atoms with van der Waals surface area (Å²) in [5.74, 6) is 2.80. The van der Waals surface area contributed by atoms with Crippen molar-refractivity contribution in [2.24, 2.45) is 35.0 Å². The second-order valence-electron chi connectivity index (χ2n) is 8.60. The van der Waals surface area contributed by atoms with E-state index in [9.17, 15) is 9.18 Å². The quantitative estimate of drug-likeness (QED) is 0.569. The fourth-order valence-electron chi connectivity index (χ4n) is 6.93. The van der Waals surface area contributed by atoms with E-state index in [4.69, 9.17) is 0 Å². The molecule has 122 valence electrons. The molecule has 0 bridgehead atoms. The molecule has 0 aromatic rings. The first-order valence-corrected chi connectivity index (χ1v) is 9.36. The molecule has 4 saturated carbocycles. The number of fused-ring (bicyclic) bond motifs is 5. The Morgan fingerprint density at radius 3 is 2.64 bits per heavy atom. The Balaban J connectivity index is 1.63. The van der Waals surface area contributed by atoms with Gasteiger partial charge in [0.25, 0.3) is 0 Å². The first-order valence-electron chi connectivity index (χ1n) is 9.36. The number of hydrogen-bond donors (Lipinski definition) is 0. The summed E-state index contributed by atoms with van der Waals surface area (Å²) in [6, 6.07) is 0. The van der Waals surface area contributed by atoms with E-state index in [1.54, 1.807) is 5.57 Å². The number of carbonyl (C=O) groups is 1. The summed E-state index contributed by atoms with van der Waals surface area (Å²) >= 11 is 0. The van der Waals surface area contributed by atoms with Crippen LogP contribution in [-0.2, 0) is 4.79 Å². The van der Waals surface area contributed by atoms with Crippen LogP contribution in [0.2, 0.25) is 0 Å². The zero-order chi connectivity index (χ0) is 15.5. The normalized spacial score (nSPS) is 53.0. The van der Waals surface area contributed by atoms with Gasteiger partial charge in [-0.3, -0.25) is 4.79 Å². The van der Waals surface area contributed by atoms with Crippen LogP contribution in [0, 0.1) is 35.0 Å². The van der Waals surface area contributed by atoms with Crippen molar-refractivity contribution in [2.45, 2.75) is 71.4 Å². The van der Waals surface area contributed by atoms with Gasteiger partial charge >= 0.3 is 0 Å². The molecule has 1 nitrogen and oxygen atoms in total. The van der Waals surface area contributed by atoms with Gasteiger partial charge in [-0.15, -0.1) is 0 Å². The summed E-state index contributed by atoms with van der Waals surface area (Å²) in [6.45, 7) is 4.62. The minimum Gasteiger partial charge on any atom is -0.300 e. The predicted molar refractivity (Wildman–Crippen MR) is 86.2 cm³/mol. The standard InChI is InChI=1S/C20H29FO/c1-3-12-4-7-18-16-11-19(21)17-10-13(22)5-6-14(17)15(16)8-9-20(12,18)2/h3,14-19H,4-11H2,1-2H3/b12-3-/t14-,15?,16-,17?,18?,19-,20-/m1/s1. The van der Waals surface area contributed by atoms with Gasteiger partial charge in [0.05, 0.1) is 0 Å². The molecule has 0 heterocycles. The third-order valence-corrected chi connectivity index (χ3v) is 7.97. The number of rotatable bonds is 0. The predicted octanol–water partition coefficient (Wildman–Crippen LogP) is 5.10. The fourth-order valence-corrected chi connectivity index (χ4v) is 6.93. The van der Waals surface area contributed by atoms with Crippen LogP contribution in [-0.4, -0.2) is 12.0 Å². The van der Waals surface area contributed by atoms with Gasteiger partial charge in [0, 0.05) is 18.8 Å². The summed E-state index contributed by atoms with van der Waals surface area (Å²) in [5.41, 5.74) is 1.97. The summed E-state index contributed by atoms with van der Waals surface area (Å²) < 4.78 is 14.9. The molecule has 0 saturated heterocycles. The van der Waals surface area contributed by atoms with Crippen LogP contribution in [0.1, 0.15) is 65.2 Å². The second kappa shape index (κ2) is 5.18. The van der Waals surface area contributed by atoms with Crippen LogP contribution < -0.4 is 0 Å². The molecule has 3 unspecified atom stereocenters. The minimum atomic E-state index is -0.729. The fraction of sp³-hybridized carbons (Fsp3) is 0.850. The van der Waals surface area contributed by atoms with Crippen LogP contribution >= 0.6 is 0 Å². The Morgan fingerprint density at radius 1 is 1.09 bits per heavy atom. The van der Waals surface area contributed by atoms with Crippen molar-refractivity contribution < 1.29 is 9.18 Å². The summed E-state index contributed by atoms with van der Waals surface area (Å²) in [6.07, 6.45) is 9.57. The molecule has 22 heavy (non-hydrogen) atoms. The molecule has 7 atom stereocenters. The Labute approximate surface area is 133 Å². The Bertz CT molecular complexity index is 510. The Kier molecular flexibility index (Phi) is 3.51. The molecule has 0 radical (unpaired) electrons. The molecule has 0 aromatic heterocycles. The van der Waals surface area contributed by atoms with Crippen molar-refractivity contribution >= 4 is 5.78 Å². The summed E-state index contributed by atoms with van der Waals surface area (Å²) in [5, 5.41) is 0. The lowest BCUT2D eigenvalue weighted by Crippen LogP contribution is -2.51. The molecule has 4 fully saturated rings. The summed E-state index contributed by atoms with van der Waals surface area (Å²) in [4.78, 5) is 11.8. The highest BCUT2D eigenvalue weighted by Gasteiger charge is 2.57. The van der Waals surface area contributed by atoms with Gasteiger partial charge in [-0.25, -0.2) is 4.39 Å². The van der Waals surface area contributed by atoms with Gasteiger partial charge in [-0.05, 0) is 74.5 Å². The van der Waals surface area contributed by atoms with E-state index in [0.29, 0.717) is 47.7 Å². The van der Waals surface area contributed by atoms with Crippen LogP contribution in [0.5, 0.6) is 0 Å². The lowest BCUT2D eigenvalue weighted by Gasteiger charge is -2.55. The first kappa shape index (κ1) is 14.9. The van der Waals surface area contributed by atoms with Crippen LogP contribution in [0.25, 0.3) is 0 Å². The van der Waals surface area contributed by atoms with E-state index in [1.807, 2.05) is 0 Å². The van der Waals surface area contributed by atoms with Crippen molar-refractivity contribution in [2.75, 3.05) is 0 Å². The zero-order valence-corrected chi connectivity index (χ0v) is 14.0. The molecule has 4 aliphatic rings. The first-order chi connectivity index (χ1) is 10.5. The van der Waals surface area contributed by atoms with Crippen molar-refractivity contribution in [3.63, 3.8) is 0 Å². The van der Waals surface area contributed by atoms with Crippen LogP contribution in [0.3, 0.4) is 0 Å². The number of hydrogen-bond acceptors (Lipinski definition) is 1. The van der Waals surface area contributed by atoms with Gasteiger partial charge in [0.15, 0.2) is 0 Å². The smallest absolute Gasteiger partial charge is 0.133 e. The van der Waals surface area contributed by atoms with Gasteiger partial charge in [-0.1, -0.05) is 18.6 Å². The van der Waals surface area contributed by atoms with Gasteiger partial charge in [0.1, 0.15) is 12.0 Å². The molecule has 2 heteroatoms.